The first-order valence-electron chi connectivity index (χ1n) is 8.76. The van der Waals surface area contributed by atoms with Gasteiger partial charge in [-0.25, -0.2) is 0 Å². The molecule has 1 aliphatic rings. The molecule has 0 aliphatic carbocycles. The number of rotatable bonds is 5. The zero-order valence-corrected chi connectivity index (χ0v) is 18.5. The molecule has 26 heavy (non-hydrogen) atoms. The van der Waals surface area contributed by atoms with E-state index in [2.05, 4.69) is 43.7 Å². The van der Waals surface area contributed by atoms with E-state index in [1.165, 1.54) is 5.00 Å². The van der Waals surface area contributed by atoms with E-state index in [0.29, 0.717) is 13.2 Å². The lowest BCUT2D eigenvalue weighted by Gasteiger charge is -2.37. The van der Waals surface area contributed by atoms with Crippen molar-refractivity contribution in [1.29, 1.82) is 0 Å². The van der Waals surface area contributed by atoms with Gasteiger partial charge in [0.2, 0.25) is 0 Å². The number of aliphatic imine (C=N–C) groups is 1. The van der Waals surface area contributed by atoms with Crippen LogP contribution in [0.5, 0.6) is 5.75 Å². The van der Waals surface area contributed by atoms with Crippen molar-refractivity contribution in [2.75, 3.05) is 44.7 Å². The number of hydrogen-bond acceptors (Lipinski definition) is 4. The molecule has 142 valence electrons. The Hall–Kier alpha value is -1.48. The highest BCUT2D eigenvalue weighted by Crippen LogP contribution is 2.22. The Morgan fingerprint density at radius 3 is 2.58 bits per heavy atom. The molecular formula is C19H27IN4OS. The van der Waals surface area contributed by atoms with Crippen molar-refractivity contribution in [1.82, 2.24) is 10.2 Å². The Kier molecular flexibility index (Phi) is 8.50. The van der Waals surface area contributed by atoms with Crippen molar-refractivity contribution in [3.8, 4) is 5.75 Å². The number of nitrogens with one attached hydrogen (secondary N) is 1. The van der Waals surface area contributed by atoms with Gasteiger partial charge >= 0.3 is 0 Å². The third-order valence-electron chi connectivity index (χ3n) is 4.32. The number of ether oxygens (including phenoxy) is 1. The Labute approximate surface area is 177 Å². The predicted octanol–water partition coefficient (Wildman–Crippen LogP) is 3.66. The first-order valence-corrected chi connectivity index (χ1v) is 9.64. The SMILES string of the molecule is CCOc1ccccc1CNC(=NC)N1CCN(c2cccs2)CC1.I. The highest BCUT2D eigenvalue weighted by molar-refractivity contribution is 14.0. The molecule has 7 heteroatoms. The Morgan fingerprint density at radius 1 is 1.15 bits per heavy atom. The summed E-state index contributed by atoms with van der Waals surface area (Å²) in [6.07, 6.45) is 0. The van der Waals surface area contributed by atoms with Gasteiger partial charge in [-0.15, -0.1) is 35.3 Å². The normalized spacial score (nSPS) is 14.8. The second-order valence-corrected chi connectivity index (χ2v) is 6.79. The molecule has 0 atom stereocenters. The summed E-state index contributed by atoms with van der Waals surface area (Å²) in [6, 6.07) is 12.5. The Morgan fingerprint density at radius 2 is 1.92 bits per heavy atom. The van der Waals surface area contributed by atoms with Gasteiger partial charge in [0.1, 0.15) is 5.75 Å². The van der Waals surface area contributed by atoms with Crippen LogP contribution in [0.3, 0.4) is 0 Å². The topological polar surface area (TPSA) is 40.1 Å². The van der Waals surface area contributed by atoms with Crippen molar-refractivity contribution in [3.63, 3.8) is 0 Å². The molecule has 1 aliphatic heterocycles. The second-order valence-electron chi connectivity index (χ2n) is 5.87. The molecule has 3 rings (SSSR count). The summed E-state index contributed by atoms with van der Waals surface area (Å²) in [4.78, 5) is 9.24. The molecule has 2 aromatic rings. The van der Waals surface area contributed by atoms with Gasteiger partial charge in [0.15, 0.2) is 5.96 Å². The number of guanidine groups is 1. The van der Waals surface area contributed by atoms with Crippen LogP contribution in [-0.4, -0.2) is 50.7 Å². The number of nitrogens with zero attached hydrogens (tertiary/aromatic N) is 3. The maximum Gasteiger partial charge on any atom is 0.194 e. The van der Waals surface area contributed by atoms with Gasteiger partial charge in [0, 0.05) is 45.3 Å². The summed E-state index contributed by atoms with van der Waals surface area (Å²) < 4.78 is 5.70. The fourth-order valence-electron chi connectivity index (χ4n) is 3.04. The van der Waals surface area contributed by atoms with Gasteiger partial charge in [-0.3, -0.25) is 4.99 Å². The largest absolute Gasteiger partial charge is 0.494 e. The van der Waals surface area contributed by atoms with E-state index in [1.807, 2.05) is 32.2 Å². The third kappa shape index (κ3) is 5.26. The summed E-state index contributed by atoms with van der Waals surface area (Å²) in [5.41, 5.74) is 1.16. The summed E-state index contributed by atoms with van der Waals surface area (Å²) >= 11 is 1.81. The van der Waals surface area contributed by atoms with Crippen LogP contribution in [0.1, 0.15) is 12.5 Å². The highest BCUT2D eigenvalue weighted by Gasteiger charge is 2.20. The number of halogens is 1. The minimum atomic E-state index is 0. The van der Waals surface area contributed by atoms with Gasteiger partial charge in [0.05, 0.1) is 11.6 Å². The average molecular weight is 486 g/mol. The number of piperazine rings is 1. The van der Waals surface area contributed by atoms with Crippen molar-refractivity contribution in [2.24, 2.45) is 4.99 Å². The molecule has 0 radical (unpaired) electrons. The zero-order chi connectivity index (χ0) is 17.5. The smallest absolute Gasteiger partial charge is 0.194 e. The van der Waals surface area contributed by atoms with E-state index in [0.717, 1.165) is 43.5 Å². The number of benzene rings is 1. The van der Waals surface area contributed by atoms with Crippen LogP contribution < -0.4 is 15.0 Å². The number of anilines is 1. The predicted molar refractivity (Wildman–Crippen MR) is 121 cm³/mol. The van der Waals surface area contributed by atoms with Gasteiger partial charge in [-0.1, -0.05) is 18.2 Å². The van der Waals surface area contributed by atoms with Gasteiger partial charge < -0.3 is 19.9 Å². The fourth-order valence-corrected chi connectivity index (χ4v) is 3.83. The zero-order valence-electron chi connectivity index (χ0n) is 15.4. The first kappa shape index (κ1) is 20.8. The summed E-state index contributed by atoms with van der Waals surface area (Å²) in [6.45, 7) is 7.41. The van der Waals surface area contributed by atoms with Gasteiger partial charge in [-0.2, -0.15) is 0 Å². The van der Waals surface area contributed by atoms with E-state index in [1.54, 1.807) is 11.3 Å². The van der Waals surface area contributed by atoms with Crippen LogP contribution >= 0.6 is 35.3 Å². The fraction of sp³-hybridized carbons (Fsp3) is 0.421. The monoisotopic (exact) mass is 486 g/mol. The van der Waals surface area contributed by atoms with Crippen molar-refractivity contribution in [2.45, 2.75) is 13.5 Å². The highest BCUT2D eigenvalue weighted by atomic mass is 127. The summed E-state index contributed by atoms with van der Waals surface area (Å²) in [5.74, 6) is 1.90. The standard InChI is InChI=1S/C19H26N4OS.HI/c1-3-24-17-8-5-4-7-16(17)15-21-19(20-2)23-12-10-22(11-13-23)18-9-6-14-25-18;/h4-9,14H,3,10-13,15H2,1-2H3,(H,20,21);1H. The lowest BCUT2D eigenvalue weighted by Crippen LogP contribution is -2.52. The maximum absolute atomic E-state index is 5.70. The number of para-hydroxylation sites is 1. The molecule has 1 aromatic carbocycles. The minimum Gasteiger partial charge on any atom is -0.494 e. The molecule has 2 heterocycles. The quantitative estimate of drug-likeness (QED) is 0.398. The number of hydrogen-bond donors (Lipinski definition) is 1. The van der Waals surface area contributed by atoms with Crippen LogP contribution in [0.25, 0.3) is 0 Å². The molecule has 1 N–H and O–H groups in total. The van der Waals surface area contributed by atoms with Crippen LogP contribution in [0.15, 0.2) is 46.8 Å². The van der Waals surface area contributed by atoms with Crippen molar-refractivity contribution >= 4 is 46.3 Å². The Bertz CT molecular complexity index is 685. The molecule has 1 saturated heterocycles. The van der Waals surface area contributed by atoms with E-state index in [9.17, 15) is 0 Å². The van der Waals surface area contributed by atoms with Gasteiger partial charge in [0.25, 0.3) is 0 Å². The molecule has 0 bridgehead atoms. The summed E-state index contributed by atoms with van der Waals surface area (Å²) in [7, 11) is 1.85. The van der Waals surface area contributed by atoms with E-state index in [-0.39, 0.29) is 24.0 Å². The molecule has 5 nitrogen and oxygen atoms in total. The average Bonchev–Trinajstić information content (AvgIpc) is 3.19. The Balaban J connectivity index is 0.00000243. The third-order valence-corrected chi connectivity index (χ3v) is 5.25. The van der Waals surface area contributed by atoms with Crippen molar-refractivity contribution in [3.05, 3.63) is 47.3 Å². The van der Waals surface area contributed by atoms with E-state index < -0.39 is 0 Å². The van der Waals surface area contributed by atoms with Crippen molar-refractivity contribution < 1.29 is 4.74 Å². The number of thiophene rings is 1. The first-order chi connectivity index (χ1) is 12.3. The molecule has 0 saturated carbocycles. The lowest BCUT2D eigenvalue weighted by atomic mass is 10.2. The van der Waals surface area contributed by atoms with Gasteiger partial charge in [-0.05, 0) is 30.5 Å². The lowest BCUT2D eigenvalue weighted by molar-refractivity contribution is 0.335. The molecule has 0 spiro atoms. The summed E-state index contributed by atoms with van der Waals surface area (Å²) in [5, 5.41) is 6.98. The second kappa shape index (κ2) is 10.6. The van der Waals surface area contributed by atoms with Crippen LogP contribution in [0, 0.1) is 0 Å². The van der Waals surface area contributed by atoms with Crippen LogP contribution in [0.2, 0.25) is 0 Å². The molecule has 0 amide bonds. The maximum atomic E-state index is 5.70. The molecule has 1 aromatic heterocycles. The van der Waals surface area contributed by atoms with E-state index >= 15 is 0 Å². The van der Waals surface area contributed by atoms with Crippen LogP contribution in [0.4, 0.5) is 5.00 Å². The molecule has 0 unspecified atom stereocenters. The molecule has 1 fully saturated rings. The van der Waals surface area contributed by atoms with E-state index in [4.69, 9.17) is 4.74 Å². The van der Waals surface area contributed by atoms with Crippen LogP contribution in [-0.2, 0) is 6.54 Å². The molecular weight excluding hydrogens is 459 g/mol. The minimum absolute atomic E-state index is 0.